The molecule has 1 aromatic carbocycles. The van der Waals surface area contributed by atoms with Gasteiger partial charge in [0.1, 0.15) is 8.07 Å². The minimum atomic E-state index is -1.32. The average molecular weight is 414 g/mol. The summed E-state index contributed by atoms with van der Waals surface area (Å²) in [4.78, 5) is 2.40. The molecule has 0 heterocycles. The Morgan fingerprint density at radius 1 is 0.966 bits per heavy atom. The van der Waals surface area contributed by atoms with E-state index in [1.54, 1.807) is 0 Å². The number of aliphatic hydroxyl groups is 1. The summed E-state index contributed by atoms with van der Waals surface area (Å²) in [7, 11) is 3.08. The summed E-state index contributed by atoms with van der Waals surface area (Å²) in [6.45, 7) is 6.93. The van der Waals surface area contributed by atoms with Gasteiger partial charge in [-0.25, -0.2) is 0 Å². The van der Waals surface area contributed by atoms with Crippen LogP contribution >= 0.6 is 0 Å². The zero-order valence-electron chi connectivity index (χ0n) is 19.6. The molecule has 162 valence electrons. The van der Waals surface area contributed by atoms with Crippen LogP contribution in [0.1, 0.15) is 71.3 Å². The molecule has 1 aliphatic rings. The van der Waals surface area contributed by atoms with Gasteiger partial charge in [0, 0.05) is 12.0 Å². The van der Waals surface area contributed by atoms with E-state index in [1.807, 2.05) is 0 Å². The summed E-state index contributed by atoms with van der Waals surface area (Å²) in [6.07, 6.45) is 7.88. The second-order valence-electron chi connectivity index (χ2n) is 9.50. The Morgan fingerprint density at radius 2 is 1.55 bits per heavy atom. The Bertz CT molecular complexity index is 653. The van der Waals surface area contributed by atoms with E-state index < -0.39 is 13.7 Å². The molecule has 0 atom stereocenters. The number of benzene rings is 1. The number of hydrogen-bond acceptors (Lipinski definition) is 2. The Hall–Kier alpha value is -1.08. The molecule has 0 aliphatic heterocycles. The van der Waals surface area contributed by atoms with E-state index in [0.717, 1.165) is 51.4 Å². The highest BCUT2D eigenvalue weighted by atomic mass is 28.3. The molecule has 0 spiro atoms. The van der Waals surface area contributed by atoms with Crippen LogP contribution in [0.3, 0.4) is 0 Å². The van der Waals surface area contributed by atoms with Gasteiger partial charge in [-0.3, -0.25) is 0 Å². The van der Waals surface area contributed by atoms with Gasteiger partial charge in [0.15, 0.2) is 0 Å². The molecule has 29 heavy (non-hydrogen) atoms. The van der Waals surface area contributed by atoms with Crippen LogP contribution in [0.5, 0.6) is 0 Å². The van der Waals surface area contributed by atoms with Crippen molar-refractivity contribution in [2.24, 2.45) is 0 Å². The summed E-state index contributed by atoms with van der Waals surface area (Å²) in [5, 5.41) is 11.2. The number of likely N-dealkylation sites (N-methyl/N-ethyl adjacent to an activating group) is 1. The van der Waals surface area contributed by atoms with E-state index in [0.29, 0.717) is 0 Å². The van der Waals surface area contributed by atoms with Crippen LogP contribution in [0.25, 0.3) is 0 Å². The van der Waals surface area contributed by atoms with Gasteiger partial charge in [0.2, 0.25) is 0 Å². The third-order valence-corrected chi connectivity index (χ3v) is 12.5. The predicted molar refractivity (Wildman–Crippen MR) is 129 cm³/mol. The standard InChI is InChI=1S/C26H43NOSi/c1-6-29(7-2,8-3)22-14-10-13-17-26(28)20-18-25(19-21-26,27(4)5)23-24-15-11-9-12-16-24/h9,11-12,15-16,28H,6-8,10,13,17-21,23H2,1-5H3. The molecule has 1 fully saturated rings. The van der Waals surface area contributed by atoms with E-state index in [9.17, 15) is 5.11 Å². The molecular formula is C26H43NOSi. The van der Waals surface area contributed by atoms with Crippen LogP contribution in [0.4, 0.5) is 0 Å². The van der Waals surface area contributed by atoms with Crippen molar-refractivity contribution in [3.63, 3.8) is 0 Å². The molecule has 0 amide bonds. The van der Waals surface area contributed by atoms with Crippen molar-refractivity contribution >= 4 is 8.07 Å². The molecule has 1 N–H and O–H groups in total. The molecule has 0 aromatic heterocycles. The van der Waals surface area contributed by atoms with Crippen LogP contribution in [-0.4, -0.2) is 43.3 Å². The van der Waals surface area contributed by atoms with Crippen LogP contribution in [0.15, 0.2) is 30.3 Å². The highest BCUT2D eigenvalue weighted by molar-refractivity contribution is 6.87. The first-order valence-electron chi connectivity index (χ1n) is 11.8. The molecule has 0 saturated heterocycles. The maximum absolute atomic E-state index is 11.2. The van der Waals surface area contributed by atoms with Gasteiger partial charge in [-0.2, -0.15) is 0 Å². The molecule has 0 unspecified atom stereocenters. The predicted octanol–water partition coefficient (Wildman–Crippen LogP) is 6.06. The molecule has 0 bridgehead atoms. The minimum Gasteiger partial charge on any atom is -0.390 e. The van der Waals surface area contributed by atoms with Gasteiger partial charge < -0.3 is 10.0 Å². The summed E-state index contributed by atoms with van der Waals surface area (Å²) in [5.74, 6) is 3.50. The lowest BCUT2D eigenvalue weighted by Crippen LogP contribution is -2.52. The fourth-order valence-electron chi connectivity index (χ4n) is 4.96. The second kappa shape index (κ2) is 10.8. The van der Waals surface area contributed by atoms with Crippen molar-refractivity contribution in [1.29, 1.82) is 0 Å². The SMILES string of the molecule is CC[Si](C#CCCCC1(O)CCC(Cc2ccccc2)(N(C)C)CC1)(CC)CC. The molecular weight excluding hydrogens is 370 g/mol. The van der Waals surface area contributed by atoms with Crippen LogP contribution in [0, 0.1) is 11.5 Å². The Kier molecular flexibility index (Phi) is 9.01. The normalized spacial score (nSPS) is 24.9. The first-order valence-corrected chi connectivity index (χ1v) is 14.4. The monoisotopic (exact) mass is 413 g/mol. The number of hydrogen-bond donors (Lipinski definition) is 1. The first-order chi connectivity index (χ1) is 13.8. The maximum Gasteiger partial charge on any atom is 0.137 e. The van der Waals surface area contributed by atoms with E-state index in [2.05, 4.69) is 81.6 Å². The lowest BCUT2D eigenvalue weighted by Gasteiger charge is -2.48. The Balaban J connectivity index is 1.89. The summed E-state index contributed by atoms with van der Waals surface area (Å²) in [5.41, 5.74) is 4.76. The highest BCUT2D eigenvalue weighted by Gasteiger charge is 2.42. The van der Waals surface area contributed by atoms with Crippen molar-refractivity contribution in [3.8, 4) is 11.5 Å². The van der Waals surface area contributed by atoms with Gasteiger partial charge in [-0.05, 0) is 82.7 Å². The van der Waals surface area contributed by atoms with Gasteiger partial charge in [-0.1, -0.05) is 51.1 Å². The van der Waals surface area contributed by atoms with Crippen LogP contribution < -0.4 is 0 Å². The third kappa shape index (κ3) is 6.45. The van der Waals surface area contributed by atoms with Gasteiger partial charge in [-0.15, -0.1) is 11.5 Å². The van der Waals surface area contributed by atoms with E-state index in [4.69, 9.17) is 0 Å². The van der Waals surface area contributed by atoms with Crippen molar-refractivity contribution in [2.45, 2.75) is 101 Å². The van der Waals surface area contributed by atoms with E-state index >= 15 is 0 Å². The lowest BCUT2D eigenvalue weighted by atomic mass is 9.69. The van der Waals surface area contributed by atoms with Crippen LogP contribution in [-0.2, 0) is 6.42 Å². The molecule has 2 nitrogen and oxygen atoms in total. The first kappa shape index (κ1) is 24.2. The summed E-state index contributed by atoms with van der Waals surface area (Å²) < 4.78 is 0. The smallest absolute Gasteiger partial charge is 0.137 e. The zero-order valence-corrected chi connectivity index (χ0v) is 20.6. The quantitative estimate of drug-likeness (QED) is 0.302. The number of unbranched alkanes of at least 4 members (excludes halogenated alkanes) is 1. The highest BCUT2D eigenvalue weighted by Crippen LogP contribution is 2.41. The second-order valence-corrected chi connectivity index (χ2v) is 14.4. The van der Waals surface area contributed by atoms with E-state index in [1.165, 1.54) is 23.7 Å². The molecule has 2 rings (SSSR count). The van der Waals surface area contributed by atoms with Crippen molar-refractivity contribution in [2.75, 3.05) is 14.1 Å². The largest absolute Gasteiger partial charge is 0.390 e. The maximum atomic E-state index is 11.2. The lowest BCUT2D eigenvalue weighted by molar-refractivity contribution is -0.0501. The molecule has 1 saturated carbocycles. The minimum absolute atomic E-state index is 0.169. The topological polar surface area (TPSA) is 23.5 Å². The summed E-state index contributed by atoms with van der Waals surface area (Å²) >= 11 is 0. The Labute approximate surface area is 181 Å². The van der Waals surface area contributed by atoms with Gasteiger partial charge in [0.05, 0.1) is 5.60 Å². The van der Waals surface area contributed by atoms with Gasteiger partial charge >= 0.3 is 0 Å². The average Bonchev–Trinajstić information content (AvgIpc) is 2.74. The van der Waals surface area contributed by atoms with Crippen LogP contribution in [0.2, 0.25) is 18.1 Å². The van der Waals surface area contributed by atoms with Gasteiger partial charge in [0.25, 0.3) is 0 Å². The zero-order chi connectivity index (χ0) is 21.4. The number of nitrogens with zero attached hydrogens (tertiary/aromatic N) is 1. The van der Waals surface area contributed by atoms with E-state index in [-0.39, 0.29) is 5.54 Å². The fourth-order valence-corrected chi connectivity index (χ4v) is 7.49. The molecule has 1 aromatic rings. The summed E-state index contributed by atoms with van der Waals surface area (Å²) in [6, 6.07) is 14.6. The fraction of sp³-hybridized carbons (Fsp3) is 0.692. The molecule has 0 radical (unpaired) electrons. The van der Waals surface area contributed by atoms with Crippen molar-refractivity contribution in [3.05, 3.63) is 35.9 Å². The molecule has 1 aliphatic carbocycles. The van der Waals surface area contributed by atoms with Crippen molar-refractivity contribution in [1.82, 2.24) is 4.90 Å². The third-order valence-electron chi connectivity index (χ3n) is 7.76. The van der Waals surface area contributed by atoms with Crippen molar-refractivity contribution < 1.29 is 5.11 Å². The number of rotatable bonds is 9. The Morgan fingerprint density at radius 3 is 2.07 bits per heavy atom. The molecule has 3 heteroatoms.